The summed E-state index contributed by atoms with van der Waals surface area (Å²) in [6.07, 6.45) is 0.943. The summed E-state index contributed by atoms with van der Waals surface area (Å²) < 4.78 is 5.55. The Kier molecular flexibility index (Phi) is 5.57. The predicted molar refractivity (Wildman–Crippen MR) is 85.9 cm³/mol. The Labute approximate surface area is 128 Å². The van der Waals surface area contributed by atoms with Gasteiger partial charge in [0.1, 0.15) is 10.6 Å². The molecule has 0 spiro atoms. The number of ether oxygens (including phenoxy) is 1. The summed E-state index contributed by atoms with van der Waals surface area (Å²) >= 11 is 7.58. The van der Waals surface area contributed by atoms with Gasteiger partial charge < -0.3 is 10.1 Å². The van der Waals surface area contributed by atoms with Crippen LogP contribution >= 0.6 is 22.9 Å². The van der Waals surface area contributed by atoms with Crippen LogP contribution in [0.2, 0.25) is 5.28 Å². The number of nitrogens with one attached hydrogen (secondary N) is 1. The van der Waals surface area contributed by atoms with Gasteiger partial charge in [0.2, 0.25) is 5.28 Å². The highest BCUT2D eigenvalue weighted by molar-refractivity contribution is 7.18. The molecule has 0 saturated heterocycles. The highest BCUT2D eigenvalue weighted by atomic mass is 35.5. The second-order valence-corrected chi connectivity index (χ2v) is 6.74. The van der Waals surface area contributed by atoms with Crippen molar-refractivity contribution in [2.75, 3.05) is 25.1 Å². The van der Waals surface area contributed by atoms with E-state index in [1.165, 1.54) is 4.88 Å². The van der Waals surface area contributed by atoms with E-state index in [4.69, 9.17) is 16.3 Å². The maximum absolute atomic E-state index is 5.95. The predicted octanol–water partition coefficient (Wildman–Crippen LogP) is 4.13. The van der Waals surface area contributed by atoms with E-state index in [1.54, 1.807) is 11.3 Å². The van der Waals surface area contributed by atoms with Gasteiger partial charge in [0, 0.05) is 24.6 Å². The molecule has 0 unspecified atom stereocenters. The van der Waals surface area contributed by atoms with E-state index in [0.717, 1.165) is 42.2 Å². The fourth-order valence-electron chi connectivity index (χ4n) is 1.85. The van der Waals surface area contributed by atoms with E-state index in [0.29, 0.717) is 5.92 Å². The van der Waals surface area contributed by atoms with E-state index in [1.807, 2.05) is 0 Å². The Balaban J connectivity index is 1.89. The van der Waals surface area contributed by atoms with E-state index in [2.05, 4.69) is 42.1 Å². The van der Waals surface area contributed by atoms with Crippen molar-refractivity contribution in [2.45, 2.75) is 27.2 Å². The van der Waals surface area contributed by atoms with Crippen molar-refractivity contribution in [3.63, 3.8) is 0 Å². The van der Waals surface area contributed by atoms with Crippen LogP contribution in [0.25, 0.3) is 10.2 Å². The van der Waals surface area contributed by atoms with Crippen LogP contribution in [0.3, 0.4) is 0 Å². The Morgan fingerprint density at radius 3 is 2.95 bits per heavy atom. The van der Waals surface area contributed by atoms with Gasteiger partial charge in [-0.3, -0.25) is 0 Å². The molecule has 0 fully saturated rings. The molecule has 110 valence electrons. The zero-order valence-electron chi connectivity index (χ0n) is 12.1. The minimum absolute atomic E-state index is 0.290. The van der Waals surface area contributed by atoms with Gasteiger partial charge in [0.15, 0.2) is 0 Å². The minimum Gasteiger partial charge on any atom is -0.381 e. The van der Waals surface area contributed by atoms with Gasteiger partial charge >= 0.3 is 0 Å². The van der Waals surface area contributed by atoms with Crippen molar-refractivity contribution in [2.24, 2.45) is 5.92 Å². The van der Waals surface area contributed by atoms with Crippen LogP contribution < -0.4 is 5.32 Å². The third-order valence-corrected chi connectivity index (χ3v) is 3.81. The Morgan fingerprint density at radius 2 is 2.20 bits per heavy atom. The molecular formula is C14H20ClN3OS. The van der Waals surface area contributed by atoms with Crippen molar-refractivity contribution in [3.05, 3.63) is 16.2 Å². The molecule has 0 atom stereocenters. The topological polar surface area (TPSA) is 47.0 Å². The van der Waals surface area contributed by atoms with Crippen LogP contribution in [-0.2, 0) is 4.74 Å². The quantitative estimate of drug-likeness (QED) is 0.617. The zero-order valence-corrected chi connectivity index (χ0v) is 13.6. The van der Waals surface area contributed by atoms with Gasteiger partial charge in [-0.05, 0) is 36.9 Å². The number of hydrogen-bond donors (Lipinski definition) is 1. The third-order valence-electron chi connectivity index (χ3n) is 2.70. The standard InChI is InChI=1S/C14H20ClN3OS/c1-9(2)8-19-6-4-5-16-12-11-7-10(3)20-13(11)18-14(15)17-12/h7,9H,4-6,8H2,1-3H3,(H,16,17,18). The molecule has 6 heteroatoms. The summed E-state index contributed by atoms with van der Waals surface area (Å²) in [5.74, 6) is 1.39. The third kappa shape index (κ3) is 4.30. The van der Waals surface area contributed by atoms with Crippen molar-refractivity contribution in [1.29, 1.82) is 0 Å². The van der Waals surface area contributed by atoms with Crippen LogP contribution in [-0.4, -0.2) is 29.7 Å². The molecule has 1 N–H and O–H groups in total. The highest BCUT2D eigenvalue weighted by Gasteiger charge is 2.09. The first kappa shape index (κ1) is 15.5. The molecule has 4 nitrogen and oxygen atoms in total. The number of nitrogens with zero attached hydrogens (tertiary/aromatic N) is 2. The van der Waals surface area contributed by atoms with Gasteiger partial charge in [-0.15, -0.1) is 11.3 Å². The summed E-state index contributed by atoms with van der Waals surface area (Å²) in [5.41, 5.74) is 0. The number of halogens is 1. The molecule has 0 amide bonds. The highest BCUT2D eigenvalue weighted by Crippen LogP contribution is 2.29. The van der Waals surface area contributed by atoms with Gasteiger partial charge in [-0.2, -0.15) is 0 Å². The maximum atomic E-state index is 5.95. The van der Waals surface area contributed by atoms with E-state index >= 15 is 0 Å². The number of fused-ring (bicyclic) bond motifs is 1. The number of rotatable bonds is 7. The van der Waals surface area contributed by atoms with Crippen molar-refractivity contribution < 1.29 is 4.74 Å². The summed E-state index contributed by atoms with van der Waals surface area (Å²) in [7, 11) is 0. The lowest BCUT2D eigenvalue weighted by Gasteiger charge is -2.08. The molecule has 0 radical (unpaired) electrons. The lowest BCUT2D eigenvalue weighted by Crippen LogP contribution is -2.09. The summed E-state index contributed by atoms with van der Waals surface area (Å²) in [6.45, 7) is 8.75. The molecule has 0 aromatic carbocycles. The first-order chi connectivity index (χ1) is 9.56. The largest absolute Gasteiger partial charge is 0.381 e. The monoisotopic (exact) mass is 313 g/mol. The summed E-state index contributed by atoms with van der Waals surface area (Å²) in [5, 5.41) is 4.65. The maximum Gasteiger partial charge on any atom is 0.225 e. The number of thiophene rings is 1. The van der Waals surface area contributed by atoms with Crippen LogP contribution in [0.5, 0.6) is 0 Å². The number of aromatic nitrogens is 2. The van der Waals surface area contributed by atoms with Gasteiger partial charge in [0.25, 0.3) is 0 Å². The van der Waals surface area contributed by atoms with Gasteiger partial charge in [-0.25, -0.2) is 9.97 Å². The average Bonchev–Trinajstić information content (AvgIpc) is 2.73. The van der Waals surface area contributed by atoms with Gasteiger partial charge in [0.05, 0.1) is 5.39 Å². The first-order valence-corrected chi connectivity index (χ1v) is 8.01. The first-order valence-electron chi connectivity index (χ1n) is 6.81. The lowest BCUT2D eigenvalue weighted by molar-refractivity contribution is 0.110. The molecule has 2 aromatic heterocycles. The zero-order chi connectivity index (χ0) is 14.5. The van der Waals surface area contributed by atoms with E-state index in [9.17, 15) is 0 Å². The van der Waals surface area contributed by atoms with Gasteiger partial charge in [-0.1, -0.05) is 13.8 Å². The number of hydrogen-bond acceptors (Lipinski definition) is 5. The van der Waals surface area contributed by atoms with E-state index in [-0.39, 0.29) is 5.28 Å². The van der Waals surface area contributed by atoms with Crippen molar-refractivity contribution in [1.82, 2.24) is 9.97 Å². The number of aryl methyl sites for hydroxylation is 1. The fraction of sp³-hybridized carbons (Fsp3) is 0.571. The summed E-state index contributed by atoms with van der Waals surface area (Å²) in [4.78, 5) is 10.7. The molecule has 2 aromatic rings. The Hall–Kier alpha value is -0.910. The molecule has 0 aliphatic rings. The van der Waals surface area contributed by atoms with Crippen molar-refractivity contribution >= 4 is 39.0 Å². The molecule has 0 saturated carbocycles. The molecule has 2 rings (SSSR count). The molecule has 0 aliphatic heterocycles. The molecule has 0 aliphatic carbocycles. The molecule has 20 heavy (non-hydrogen) atoms. The molecule has 0 bridgehead atoms. The normalized spacial score (nSPS) is 11.4. The van der Waals surface area contributed by atoms with Crippen LogP contribution in [0.4, 0.5) is 5.82 Å². The van der Waals surface area contributed by atoms with Crippen LogP contribution in [0.15, 0.2) is 6.07 Å². The number of anilines is 1. The Morgan fingerprint density at radius 1 is 1.40 bits per heavy atom. The lowest BCUT2D eigenvalue weighted by atomic mass is 10.2. The van der Waals surface area contributed by atoms with Crippen molar-refractivity contribution in [3.8, 4) is 0 Å². The fourth-order valence-corrected chi connectivity index (χ4v) is 2.95. The summed E-state index contributed by atoms with van der Waals surface area (Å²) in [6, 6.07) is 2.09. The molecule has 2 heterocycles. The molecular weight excluding hydrogens is 294 g/mol. The van der Waals surface area contributed by atoms with E-state index < -0.39 is 0 Å². The SMILES string of the molecule is Cc1cc2c(NCCCOCC(C)C)nc(Cl)nc2s1. The Bertz CT molecular complexity index is 571. The smallest absolute Gasteiger partial charge is 0.225 e. The second-order valence-electron chi connectivity index (χ2n) is 5.17. The van der Waals surface area contributed by atoms with Crippen LogP contribution in [0.1, 0.15) is 25.1 Å². The second kappa shape index (κ2) is 7.20. The van der Waals surface area contributed by atoms with Crippen LogP contribution in [0, 0.1) is 12.8 Å². The minimum atomic E-state index is 0.290. The average molecular weight is 314 g/mol.